The Bertz CT molecular complexity index is 904. The first-order valence-corrected chi connectivity index (χ1v) is 7.41. The number of aromatic nitrogens is 1. The number of pyridine rings is 1. The fourth-order valence-corrected chi connectivity index (χ4v) is 2.81. The second kappa shape index (κ2) is 5.45. The Balaban J connectivity index is 1.80. The van der Waals surface area contributed by atoms with Crippen molar-refractivity contribution in [1.29, 1.82) is 0 Å². The summed E-state index contributed by atoms with van der Waals surface area (Å²) in [6.45, 7) is 0. The van der Waals surface area contributed by atoms with Gasteiger partial charge < -0.3 is 0 Å². The number of fused-ring (bicyclic) bond motifs is 1. The molecule has 104 valence electrons. The van der Waals surface area contributed by atoms with Crippen LogP contribution < -0.4 is 0 Å². The van der Waals surface area contributed by atoms with Crippen molar-refractivity contribution in [3.8, 4) is 22.4 Å². The highest BCUT2D eigenvalue weighted by Gasteiger charge is 2.04. The fraction of sp³-hybridized carbons (Fsp3) is 0. The summed E-state index contributed by atoms with van der Waals surface area (Å²) in [6.07, 6.45) is 1.96. The summed E-state index contributed by atoms with van der Waals surface area (Å²) in [5, 5.41) is 2.52. The zero-order valence-corrected chi connectivity index (χ0v) is 12.1. The molecule has 1 nitrogen and oxygen atoms in total. The topological polar surface area (TPSA) is 12.9 Å². The summed E-state index contributed by atoms with van der Waals surface area (Å²) in [7, 11) is 0. The van der Waals surface area contributed by atoms with Gasteiger partial charge in [0.1, 0.15) is 0 Å². The molecule has 0 aliphatic carbocycles. The molecule has 22 heavy (non-hydrogen) atoms. The maximum absolute atomic E-state index is 4.63. The summed E-state index contributed by atoms with van der Waals surface area (Å²) >= 11 is 0. The van der Waals surface area contributed by atoms with Crippen molar-refractivity contribution in [2.75, 3.05) is 0 Å². The molecule has 0 amide bonds. The Morgan fingerprint density at radius 2 is 1.32 bits per heavy atom. The highest BCUT2D eigenvalue weighted by molar-refractivity contribution is 5.96. The van der Waals surface area contributed by atoms with Crippen molar-refractivity contribution in [2.24, 2.45) is 0 Å². The molecule has 0 unspecified atom stereocenters. The van der Waals surface area contributed by atoms with E-state index in [1.807, 2.05) is 24.4 Å². The first-order valence-electron chi connectivity index (χ1n) is 7.41. The van der Waals surface area contributed by atoms with E-state index in [0.717, 1.165) is 16.8 Å². The predicted molar refractivity (Wildman–Crippen MR) is 92.6 cm³/mol. The molecule has 0 saturated carbocycles. The summed E-state index contributed by atoms with van der Waals surface area (Å²) in [5.41, 5.74) is 4.53. The second-order valence-electron chi connectivity index (χ2n) is 5.32. The van der Waals surface area contributed by atoms with Crippen LogP contribution in [0, 0.1) is 0 Å². The lowest BCUT2D eigenvalue weighted by molar-refractivity contribution is 1.33. The van der Waals surface area contributed by atoms with Gasteiger partial charge in [0.05, 0.1) is 5.69 Å². The lowest BCUT2D eigenvalue weighted by Gasteiger charge is -2.07. The van der Waals surface area contributed by atoms with E-state index in [0.29, 0.717) is 0 Å². The number of benzene rings is 3. The molecule has 1 heteroatoms. The van der Waals surface area contributed by atoms with Crippen LogP contribution in [0.4, 0.5) is 0 Å². The minimum atomic E-state index is 1.00. The molecule has 0 fully saturated rings. The number of hydrogen-bond donors (Lipinski definition) is 0. The van der Waals surface area contributed by atoms with E-state index in [4.69, 9.17) is 0 Å². The van der Waals surface area contributed by atoms with E-state index in [-0.39, 0.29) is 0 Å². The van der Waals surface area contributed by atoms with Gasteiger partial charge in [0.15, 0.2) is 0 Å². The molecular formula is C21H15N. The lowest BCUT2D eigenvalue weighted by atomic mass is 9.99. The molecule has 0 aliphatic heterocycles. The van der Waals surface area contributed by atoms with Crippen molar-refractivity contribution < 1.29 is 0 Å². The molecule has 4 aromatic rings. The van der Waals surface area contributed by atoms with Crippen LogP contribution >= 0.6 is 0 Å². The van der Waals surface area contributed by atoms with Crippen LogP contribution in [-0.2, 0) is 0 Å². The molecular weight excluding hydrogens is 266 g/mol. The third kappa shape index (κ3) is 2.27. The number of hydrogen-bond acceptors (Lipinski definition) is 1. The van der Waals surface area contributed by atoms with Crippen molar-refractivity contribution in [2.45, 2.75) is 0 Å². The van der Waals surface area contributed by atoms with Crippen molar-refractivity contribution in [1.82, 2.24) is 4.98 Å². The number of rotatable bonds is 2. The van der Waals surface area contributed by atoms with E-state index < -0.39 is 0 Å². The maximum atomic E-state index is 4.63. The van der Waals surface area contributed by atoms with Gasteiger partial charge >= 0.3 is 0 Å². The molecule has 3 aromatic carbocycles. The minimum Gasteiger partial charge on any atom is -0.256 e. The standard InChI is InChI=1S/C21H15N/c1-2-8-17(9-3-1)21-14-13-18(15-22-21)20-12-6-10-16-7-4-5-11-19(16)20/h1-15H. The molecule has 0 spiro atoms. The molecule has 1 heterocycles. The van der Waals surface area contributed by atoms with Gasteiger partial charge in [0, 0.05) is 17.3 Å². The van der Waals surface area contributed by atoms with E-state index in [1.165, 1.54) is 16.3 Å². The third-order valence-corrected chi connectivity index (χ3v) is 3.93. The van der Waals surface area contributed by atoms with Crippen LogP contribution in [0.5, 0.6) is 0 Å². The van der Waals surface area contributed by atoms with Gasteiger partial charge in [0.25, 0.3) is 0 Å². The smallest absolute Gasteiger partial charge is 0.0702 e. The van der Waals surface area contributed by atoms with Gasteiger partial charge in [-0.2, -0.15) is 0 Å². The largest absolute Gasteiger partial charge is 0.256 e. The predicted octanol–water partition coefficient (Wildman–Crippen LogP) is 5.57. The lowest BCUT2D eigenvalue weighted by Crippen LogP contribution is -1.86. The highest BCUT2D eigenvalue weighted by Crippen LogP contribution is 2.29. The quantitative estimate of drug-likeness (QED) is 0.468. The van der Waals surface area contributed by atoms with Gasteiger partial charge in [0.2, 0.25) is 0 Å². The second-order valence-corrected chi connectivity index (χ2v) is 5.32. The van der Waals surface area contributed by atoms with Crippen LogP contribution in [0.3, 0.4) is 0 Å². The van der Waals surface area contributed by atoms with Crippen LogP contribution in [0.2, 0.25) is 0 Å². The molecule has 1 aromatic heterocycles. The third-order valence-electron chi connectivity index (χ3n) is 3.93. The highest BCUT2D eigenvalue weighted by atomic mass is 14.7. The van der Waals surface area contributed by atoms with E-state index >= 15 is 0 Å². The first kappa shape index (κ1) is 12.8. The Kier molecular flexibility index (Phi) is 3.17. The molecule has 0 atom stereocenters. The van der Waals surface area contributed by atoms with E-state index in [9.17, 15) is 0 Å². The van der Waals surface area contributed by atoms with Gasteiger partial charge in [-0.25, -0.2) is 0 Å². The van der Waals surface area contributed by atoms with Crippen LogP contribution in [0.15, 0.2) is 91.1 Å². The Labute approximate surface area is 129 Å². The van der Waals surface area contributed by atoms with Crippen LogP contribution in [-0.4, -0.2) is 4.98 Å². The first-order chi connectivity index (χ1) is 10.9. The zero-order valence-electron chi connectivity index (χ0n) is 12.1. The van der Waals surface area contributed by atoms with E-state index in [1.54, 1.807) is 0 Å². The van der Waals surface area contributed by atoms with Crippen LogP contribution in [0.25, 0.3) is 33.2 Å². The van der Waals surface area contributed by atoms with Gasteiger partial charge in [-0.15, -0.1) is 0 Å². The molecule has 4 rings (SSSR count). The maximum Gasteiger partial charge on any atom is 0.0702 e. The van der Waals surface area contributed by atoms with E-state index in [2.05, 4.69) is 71.7 Å². The monoisotopic (exact) mass is 281 g/mol. The van der Waals surface area contributed by atoms with Crippen molar-refractivity contribution in [3.05, 3.63) is 91.1 Å². The summed E-state index contributed by atoms with van der Waals surface area (Å²) in [5.74, 6) is 0. The molecule has 0 radical (unpaired) electrons. The molecule has 0 N–H and O–H groups in total. The van der Waals surface area contributed by atoms with Crippen molar-refractivity contribution in [3.63, 3.8) is 0 Å². The average Bonchev–Trinajstić information content (AvgIpc) is 2.62. The average molecular weight is 281 g/mol. The zero-order chi connectivity index (χ0) is 14.8. The fourth-order valence-electron chi connectivity index (χ4n) is 2.81. The molecule has 0 aliphatic rings. The Morgan fingerprint density at radius 1 is 0.545 bits per heavy atom. The van der Waals surface area contributed by atoms with Crippen molar-refractivity contribution >= 4 is 10.8 Å². The normalized spacial score (nSPS) is 10.7. The molecule has 0 bridgehead atoms. The molecule has 0 saturated heterocycles. The number of nitrogens with zero attached hydrogens (tertiary/aromatic N) is 1. The van der Waals surface area contributed by atoms with Gasteiger partial charge in [-0.3, -0.25) is 4.98 Å². The van der Waals surface area contributed by atoms with Crippen LogP contribution in [0.1, 0.15) is 0 Å². The summed E-state index contributed by atoms with van der Waals surface area (Å²) in [6, 6.07) is 29.4. The SMILES string of the molecule is c1ccc(-c2ccc(-c3cccc4ccccc34)cn2)cc1. The Morgan fingerprint density at radius 3 is 2.14 bits per heavy atom. The summed E-state index contributed by atoms with van der Waals surface area (Å²) in [4.78, 5) is 4.63. The van der Waals surface area contributed by atoms with Gasteiger partial charge in [-0.05, 0) is 22.4 Å². The van der Waals surface area contributed by atoms with Gasteiger partial charge in [-0.1, -0.05) is 78.9 Å². The minimum absolute atomic E-state index is 1.00. The summed E-state index contributed by atoms with van der Waals surface area (Å²) < 4.78 is 0. The Hall–Kier alpha value is -2.93.